The molecule has 0 N–H and O–H groups in total. The fourth-order valence-corrected chi connectivity index (χ4v) is 1.39. The third kappa shape index (κ3) is 6.89. The van der Waals surface area contributed by atoms with E-state index in [4.69, 9.17) is 9.47 Å². The molecule has 4 nitrogen and oxygen atoms in total. The summed E-state index contributed by atoms with van der Waals surface area (Å²) in [5, 5.41) is 0. The summed E-state index contributed by atoms with van der Waals surface area (Å²) in [5.41, 5.74) is 1.05. The molecule has 5 heteroatoms. The lowest BCUT2D eigenvalue weighted by Gasteiger charge is -2.01. The fourth-order valence-electron chi connectivity index (χ4n) is 1.13. The van der Waals surface area contributed by atoms with Crippen molar-refractivity contribution in [2.75, 3.05) is 6.61 Å². The molecule has 0 spiro atoms. The highest BCUT2D eigenvalue weighted by molar-refractivity contribution is 9.10. The van der Waals surface area contributed by atoms with Crippen molar-refractivity contribution >= 4 is 27.9 Å². The van der Waals surface area contributed by atoms with E-state index >= 15 is 0 Å². The predicted octanol–water partition coefficient (Wildman–Crippen LogP) is 3.42. The largest absolute Gasteiger partial charge is 0.458 e. The van der Waals surface area contributed by atoms with Gasteiger partial charge >= 0.3 is 11.9 Å². The molecule has 1 aromatic rings. The Kier molecular flexibility index (Phi) is 6.73. The molecule has 0 unspecified atom stereocenters. The van der Waals surface area contributed by atoms with E-state index in [-0.39, 0.29) is 6.61 Å². The zero-order chi connectivity index (χ0) is 15.0. The predicted molar refractivity (Wildman–Crippen MR) is 79.3 cm³/mol. The van der Waals surface area contributed by atoms with Crippen LogP contribution in [0.2, 0.25) is 0 Å². The lowest BCUT2D eigenvalue weighted by Crippen LogP contribution is -2.06. The summed E-state index contributed by atoms with van der Waals surface area (Å²) in [7, 11) is 0. The summed E-state index contributed by atoms with van der Waals surface area (Å²) in [6.07, 6.45) is 3.85. The number of ether oxygens (including phenoxy) is 2. The van der Waals surface area contributed by atoms with Gasteiger partial charge in [-0.2, -0.15) is 0 Å². The van der Waals surface area contributed by atoms with Crippen molar-refractivity contribution in [2.45, 2.75) is 13.8 Å². The third-order valence-electron chi connectivity index (χ3n) is 2.10. The Labute approximate surface area is 126 Å². The lowest BCUT2D eigenvalue weighted by atomic mass is 10.3. The van der Waals surface area contributed by atoms with Crippen LogP contribution in [0.4, 0.5) is 0 Å². The minimum atomic E-state index is -0.633. The van der Waals surface area contributed by atoms with Crippen molar-refractivity contribution in [3.63, 3.8) is 0 Å². The fraction of sp³-hybridized carbons (Fsp3) is 0.200. The maximum atomic E-state index is 11.4. The molecule has 0 bridgehead atoms. The van der Waals surface area contributed by atoms with Gasteiger partial charge in [-0.05, 0) is 44.2 Å². The van der Waals surface area contributed by atoms with E-state index in [1.165, 1.54) is 0 Å². The molecule has 0 atom stereocenters. The molecule has 0 amide bonds. The SMILES string of the molecule is CC(C)=CCOC(=O)/C=C/C(=O)Oc1ccc(Br)cc1. The van der Waals surface area contributed by atoms with Crippen molar-refractivity contribution in [1.29, 1.82) is 0 Å². The van der Waals surface area contributed by atoms with Crippen LogP contribution in [0.25, 0.3) is 0 Å². The van der Waals surface area contributed by atoms with E-state index in [1.807, 2.05) is 13.8 Å². The first-order valence-electron chi connectivity index (χ1n) is 5.93. The maximum Gasteiger partial charge on any atom is 0.336 e. The van der Waals surface area contributed by atoms with Gasteiger partial charge < -0.3 is 9.47 Å². The number of rotatable bonds is 5. The van der Waals surface area contributed by atoms with Crippen LogP contribution in [-0.2, 0) is 14.3 Å². The number of allylic oxidation sites excluding steroid dienone is 1. The minimum Gasteiger partial charge on any atom is -0.458 e. The van der Waals surface area contributed by atoms with E-state index in [0.717, 1.165) is 22.2 Å². The number of benzene rings is 1. The number of hydrogen-bond donors (Lipinski definition) is 0. The molecule has 0 saturated heterocycles. The quantitative estimate of drug-likeness (QED) is 0.357. The molecule has 0 saturated carbocycles. The zero-order valence-corrected chi connectivity index (χ0v) is 12.8. The highest BCUT2D eigenvalue weighted by Gasteiger charge is 2.02. The first-order valence-corrected chi connectivity index (χ1v) is 6.72. The zero-order valence-electron chi connectivity index (χ0n) is 11.3. The minimum absolute atomic E-state index is 0.188. The molecular formula is C15H15BrO4. The van der Waals surface area contributed by atoms with Gasteiger partial charge in [0.15, 0.2) is 0 Å². The van der Waals surface area contributed by atoms with Gasteiger partial charge in [-0.1, -0.05) is 21.5 Å². The van der Waals surface area contributed by atoms with E-state index in [2.05, 4.69) is 15.9 Å². The van der Waals surface area contributed by atoms with E-state index in [1.54, 1.807) is 30.3 Å². The van der Waals surface area contributed by atoms with Crippen LogP contribution in [0, 0.1) is 0 Å². The summed E-state index contributed by atoms with van der Waals surface area (Å²) in [6.45, 7) is 3.99. The molecule has 0 aliphatic heterocycles. The topological polar surface area (TPSA) is 52.6 Å². The molecule has 106 valence electrons. The van der Waals surface area contributed by atoms with Gasteiger partial charge in [0.25, 0.3) is 0 Å². The first-order chi connectivity index (χ1) is 9.47. The van der Waals surface area contributed by atoms with Gasteiger partial charge in [-0.3, -0.25) is 0 Å². The third-order valence-corrected chi connectivity index (χ3v) is 2.63. The average molecular weight is 339 g/mol. The van der Waals surface area contributed by atoms with Crippen molar-refractivity contribution in [3.05, 3.63) is 52.5 Å². The van der Waals surface area contributed by atoms with Crippen molar-refractivity contribution in [1.82, 2.24) is 0 Å². The van der Waals surface area contributed by atoms with Crippen LogP contribution in [-0.4, -0.2) is 18.5 Å². The first kappa shape index (κ1) is 16.2. The highest BCUT2D eigenvalue weighted by Crippen LogP contribution is 2.16. The molecule has 0 radical (unpaired) electrons. The molecule has 0 aliphatic carbocycles. The Morgan fingerprint density at radius 2 is 1.70 bits per heavy atom. The molecule has 0 aliphatic rings. The molecular weight excluding hydrogens is 324 g/mol. The number of carbonyl (C=O) groups is 2. The second kappa shape index (κ2) is 8.32. The smallest absolute Gasteiger partial charge is 0.336 e. The van der Waals surface area contributed by atoms with Crippen LogP contribution < -0.4 is 4.74 Å². The summed E-state index contributed by atoms with van der Waals surface area (Å²) < 4.78 is 10.7. The molecule has 1 aromatic carbocycles. The lowest BCUT2D eigenvalue weighted by molar-refractivity contribution is -0.137. The van der Waals surface area contributed by atoms with E-state index < -0.39 is 11.9 Å². The molecule has 0 aromatic heterocycles. The Morgan fingerprint density at radius 3 is 2.30 bits per heavy atom. The molecule has 0 heterocycles. The number of hydrogen-bond acceptors (Lipinski definition) is 4. The number of carbonyl (C=O) groups excluding carboxylic acids is 2. The number of esters is 2. The van der Waals surface area contributed by atoms with Crippen molar-refractivity contribution < 1.29 is 19.1 Å². The van der Waals surface area contributed by atoms with Crippen LogP contribution in [0.3, 0.4) is 0 Å². The van der Waals surface area contributed by atoms with Gasteiger partial charge in [0, 0.05) is 16.6 Å². The van der Waals surface area contributed by atoms with Crippen LogP contribution in [0.5, 0.6) is 5.75 Å². The monoisotopic (exact) mass is 338 g/mol. The van der Waals surface area contributed by atoms with E-state index in [0.29, 0.717) is 5.75 Å². The van der Waals surface area contributed by atoms with Gasteiger partial charge in [0.2, 0.25) is 0 Å². The summed E-state index contributed by atoms with van der Waals surface area (Å²) >= 11 is 3.28. The average Bonchev–Trinajstić information content (AvgIpc) is 2.39. The molecule has 20 heavy (non-hydrogen) atoms. The molecule has 1 rings (SSSR count). The highest BCUT2D eigenvalue weighted by atomic mass is 79.9. The second-order valence-corrected chi connectivity index (χ2v) is 5.04. The standard InChI is InChI=1S/C15H15BrO4/c1-11(2)9-10-19-14(17)7-8-15(18)20-13-5-3-12(16)4-6-13/h3-9H,10H2,1-2H3/b8-7+. The summed E-state index contributed by atoms with van der Waals surface area (Å²) in [6, 6.07) is 6.78. The van der Waals surface area contributed by atoms with Crippen LogP contribution in [0.15, 0.2) is 52.5 Å². The van der Waals surface area contributed by atoms with Gasteiger partial charge in [0.1, 0.15) is 12.4 Å². The Hall–Kier alpha value is -1.88. The number of halogens is 1. The molecule has 0 fully saturated rings. The van der Waals surface area contributed by atoms with E-state index in [9.17, 15) is 9.59 Å². The van der Waals surface area contributed by atoms with Gasteiger partial charge in [0.05, 0.1) is 0 Å². The van der Waals surface area contributed by atoms with Crippen molar-refractivity contribution in [2.24, 2.45) is 0 Å². The van der Waals surface area contributed by atoms with Crippen LogP contribution >= 0.6 is 15.9 Å². The Balaban J connectivity index is 2.41. The Morgan fingerprint density at radius 1 is 1.10 bits per heavy atom. The van der Waals surface area contributed by atoms with Gasteiger partial charge in [-0.25, -0.2) is 9.59 Å². The van der Waals surface area contributed by atoms with Crippen LogP contribution in [0.1, 0.15) is 13.8 Å². The summed E-state index contributed by atoms with van der Waals surface area (Å²) in [5.74, 6) is -0.817. The maximum absolute atomic E-state index is 11.4. The Bertz CT molecular complexity index is 525. The normalized spacial score (nSPS) is 10.2. The second-order valence-electron chi connectivity index (χ2n) is 4.12. The van der Waals surface area contributed by atoms with Gasteiger partial charge in [-0.15, -0.1) is 0 Å². The van der Waals surface area contributed by atoms with Crippen molar-refractivity contribution in [3.8, 4) is 5.75 Å². The summed E-state index contributed by atoms with van der Waals surface area (Å²) in [4.78, 5) is 22.7.